The number of nitrogens with zero attached hydrogens (tertiary/aromatic N) is 6. The molecule has 5 rings (SSSR count). The summed E-state index contributed by atoms with van der Waals surface area (Å²) in [4.78, 5) is 50.1. The number of hydrogen-bond donors (Lipinski definition) is 3. The zero-order valence-electron chi connectivity index (χ0n) is 25.5. The SMILES string of the molecule is CCOC(=O)c1sc(N2CC[C@@H](NC(=O)c3[nH]c(C)c(Cl)c3Cl)[C@@H](C)C2)nc1-c1cnc(NCCN2CCN(C)CC2)cn1. The molecule has 2 fully saturated rings. The van der Waals surface area contributed by atoms with Crippen LogP contribution in [0.3, 0.4) is 0 Å². The largest absolute Gasteiger partial charge is 0.462 e. The average molecular weight is 665 g/mol. The number of aromatic nitrogens is 4. The topological polar surface area (TPSA) is 132 Å². The lowest BCUT2D eigenvalue weighted by Crippen LogP contribution is -2.50. The van der Waals surface area contributed by atoms with E-state index < -0.39 is 5.97 Å². The van der Waals surface area contributed by atoms with Crippen molar-refractivity contribution in [3.8, 4) is 11.4 Å². The van der Waals surface area contributed by atoms with E-state index in [0.717, 1.165) is 39.3 Å². The summed E-state index contributed by atoms with van der Waals surface area (Å²) in [7, 11) is 2.15. The van der Waals surface area contributed by atoms with Crippen molar-refractivity contribution >= 4 is 57.4 Å². The van der Waals surface area contributed by atoms with Gasteiger partial charge in [-0.2, -0.15) is 0 Å². The molecule has 0 unspecified atom stereocenters. The standard InChI is InChI=1S/C29H39Cl2N9O3S/c1-5-43-28(42)26-24(20-14-34-21(15-33-20)32-7-9-39-12-10-38(4)11-13-39)37-29(44-26)40-8-6-19(17(2)16-40)36-27(41)25-23(31)22(30)18(3)35-25/h14-15,17,19,35H,5-13,16H2,1-4H3,(H,32,34)(H,36,41)/t17-,19+/m0/s1. The van der Waals surface area contributed by atoms with Crippen LogP contribution in [0, 0.1) is 12.8 Å². The number of thiazole rings is 1. The number of piperidine rings is 1. The first-order valence-corrected chi connectivity index (χ1v) is 16.5. The van der Waals surface area contributed by atoms with Crippen LogP contribution in [0.15, 0.2) is 12.4 Å². The number of anilines is 2. The Kier molecular flexibility index (Phi) is 10.6. The monoisotopic (exact) mass is 663 g/mol. The summed E-state index contributed by atoms with van der Waals surface area (Å²) in [6, 6.07) is -0.0664. The van der Waals surface area contributed by atoms with Crippen molar-refractivity contribution in [2.45, 2.75) is 33.2 Å². The fraction of sp³-hybridized carbons (Fsp3) is 0.552. The second-order valence-electron chi connectivity index (χ2n) is 11.3. The maximum atomic E-state index is 12.9. The highest BCUT2D eigenvalue weighted by atomic mass is 35.5. The summed E-state index contributed by atoms with van der Waals surface area (Å²) < 4.78 is 5.35. The molecule has 0 radical (unpaired) electrons. The molecule has 2 atom stereocenters. The molecule has 2 aliphatic rings. The predicted molar refractivity (Wildman–Crippen MR) is 174 cm³/mol. The normalized spacial score (nSPS) is 19.6. The Morgan fingerprint density at radius 1 is 1.14 bits per heavy atom. The first-order valence-electron chi connectivity index (χ1n) is 14.9. The van der Waals surface area contributed by atoms with Crippen LogP contribution in [0.5, 0.6) is 0 Å². The fourth-order valence-corrected chi connectivity index (χ4v) is 6.83. The van der Waals surface area contributed by atoms with Gasteiger partial charge < -0.3 is 30.2 Å². The van der Waals surface area contributed by atoms with Gasteiger partial charge in [0.25, 0.3) is 5.91 Å². The Bertz CT molecular complexity index is 1460. The molecular formula is C29H39Cl2N9O3S. The van der Waals surface area contributed by atoms with E-state index in [4.69, 9.17) is 32.9 Å². The first-order chi connectivity index (χ1) is 21.1. The molecule has 3 aromatic rings. The number of likely N-dealkylation sites (N-methyl/N-ethyl adjacent to an activating group) is 1. The number of piperazine rings is 1. The lowest BCUT2D eigenvalue weighted by atomic mass is 9.94. The van der Waals surface area contributed by atoms with E-state index in [1.165, 1.54) is 11.3 Å². The molecule has 0 bridgehead atoms. The van der Waals surface area contributed by atoms with Gasteiger partial charge in [0.2, 0.25) is 0 Å². The molecule has 5 heterocycles. The fourth-order valence-electron chi connectivity index (χ4n) is 5.41. The highest BCUT2D eigenvalue weighted by Gasteiger charge is 2.32. The van der Waals surface area contributed by atoms with Gasteiger partial charge in [-0.1, -0.05) is 41.5 Å². The highest BCUT2D eigenvalue weighted by molar-refractivity contribution is 7.17. The van der Waals surface area contributed by atoms with E-state index in [9.17, 15) is 9.59 Å². The second kappa shape index (κ2) is 14.4. The number of carbonyl (C=O) groups excluding carboxylic acids is 2. The van der Waals surface area contributed by atoms with Crippen LogP contribution in [-0.2, 0) is 4.74 Å². The number of H-pyrrole nitrogens is 1. The molecule has 1 amide bonds. The minimum absolute atomic E-state index is 0.0664. The van der Waals surface area contributed by atoms with Crippen LogP contribution in [-0.4, -0.2) is 114 Å². The smallest absolute Gasteiger partial charge is 0.350 e. The number of nitrogens with one attached hydrogen (secondary N) is 3. The molecule has 15 heteroatoms. The van der Waals surface area contributed by atoms with Crippen LogP contribution >= 0.6 is 34.5 Å². The summed E-state index contributed by atoms with van der Waals surface area (Å²) in [6.45, 7) is 13.2. The number of ether oxygens (including phenoxy) is 1. The number of carbonyl (C=O) groups is 2. The first kappa shape index (κ1) is 32.4. The zero-order valence-corrected chi connectivity index (χ0v) is 27.8. The van der Waals surface area contributed by atoms with Gasteiger partial charge in [0, 0.05) is 64.1 Å². The van der Waals surface area contributed by atoms with Crippen molar-refractivity contribution in [3.63, 3.8) is 0 Å². The van der Waals surface area contributed by atoms with Crippen LogP contribution in [0.2, 0.25) is 10.0 Å². The summed E-state index contributed by atoms with van der Waals surface area (Å²) in [6.07, 6.45) is 4.01. The average Bonchev–Trinajstić information content (AvgIpc) is 3.57. The molecule has 12 nitrogen and oxygen atoms in total. The zero-order chi connectivity index (χ0) is 31.4. The molecule has 0 aromatic carbocycles. The Labute approximate surface area is 271 Å². The maximum Gasteiger partial charge on any atom is 0.350 e. The number of esters is 1. The lowest BCUT2D eigenvalue weighted by Gasteiger charge is -2.37. The molecule has 2 saturated heterocycles. The van der Waals surface area contributed by atoms with Gasteiger partial charge in [-0.05, 0) is 33.2 Å². The van der Waals surface area contributed by atoms with Gasteiger partial charge in [-0.15, -0.1) is 0 Å². The Morgan fingerprint density at radius 3 is 2.55 bits per heavy atom. The minimum atomic E-state index is -0.436. The Morgan fingerprint density at radius 2 is 1.91 bits per heavy atom. The Hall–Kier alpha value is -2.97. The van der Waals surface area contributed by atoms with Crippen LogP contribution < -0.4 is 15.5 Å². The van der Waals surface area contributed by atoms with Crippen molar-refractivity contribution < 1.29 is 14.3 Å². The number of hydrogen-bond acceptors (Lipinski definition) is 11. The minimum Gasteiger partial charge on any atom is -0.462 e. The third-order valence-corrected chi connectivity index (χ3v) is 10.1. The number of halogens is 2. The maximum absolute atomic E-state index is 12.9. The third-order valence-electron chi connectivity index (χ3n) is 8.07. The quantitative estimate of drug-likeness (QED) is 0.273. The number of rotatable bonds is 10. The van der Waals surface area contributed by atoms with Gasteiger partial charge in [-0.3, -0.25) is 9.69 Å². The summed E-state index contributed by atoms with van der Waals surface area (Å²) >= 11 is 13.7. The van der Waals surface area contributed by atoms with Gasteiger partial charge in [0.15, 0.2) is 5.13 Å². The van der Waals surface area contributed by atoms with Crippen molar-refractivity contribution in [2.75, 3.05) is 76.2 Å². The molecule has 0 aliphatic carbocycles. The molecule has 3 aromatic heterocycles. The summed E-state index contributed by atoms with van der Waals surface area (Å²) in [5.41, 5.74) is 1.88. The Balaban J connectivity index is 1.23. The molecule has 2 aliphatic heterocycles. The van der Waals surface area contributed by atoms with E-state index >= 15 is 0 Å². The van der Waals surface area contributed by atoms with Gasteiger partial charge in [-0.25, -0.2) is 19.7 Å². The van der Waals surface area contributed by atoms with Gasteiger partial charge >= 0.3 is 5.97 Å². The van der Waals surface area contributed by atoms with Crippen molar-refractivity contribution in [2.24, 2.45) is 5.92 Å². The van der Waals surface area contributed by atoms with Gasteiger partial charge in [0.1, 0.15) is 27.8 Å². The molecule has 0 saturated carbocycles. The van der Waals surface area contributed by atoms with Crippen LogP contribution in [0.4, 0.5) is 10.9 Å². The number of aryl methyl sites for hydroxylation is 1. The highest BCUT2D eigenvalue weighted by Crippen LogP contribution is 2.35. The van der Waals surface area contributed by atoms with Crippen molar-refractivity contribution in [1.82, 2.24) is 35.1 Å². The molecule has 3 N–H and O–H groups in total. The van der Waals surface area contributed by atoms with E-state index in [1.807, 2.05) is 0 Å². The van der Waals surface area contributed by atoms with Crippen LogP contribution in [0.25, 0.3) is 11.4 Å². The van der Waals surface area contributed by atoms with E-state index in [2.05, 4.69) is 54.3 Å². The summed E-state index contributed by atoms with van der Waals surface area (Å²) in [5, 5.41) is 7.72. The van der Waals surface area contributed by atoms with Crippen molar-refractivity contribution in [3.05, 3.63) is 38.7 Å². The summed E-state index contributed by atoms with van der Waals surface area (Å²) in [5.74, 6) is 0.0566. The number of amides is 1. The van der Waals surface area contributed by atoms with E-state index in [-0.39, 0.29) is 35.2 Å². The van der Waals surface area contributed by atoms with Crippen LogP contribution in [0.1, 0.15) is 46.1 Å². The molecule has 238 valence electrons. The van der Waals surface area contributed by atoms with Crippen molar-refractivity contribution in [1.29, 1.82) is 0 Å². The third kappa shape index (κ3) is 7.45. The predicted octanol–water partition coefficient (Wildman–Crippen LogP) is 4.02. The molecule has 44 heavy (non-hydrogen) atoms. The molecule has 0 spiro atoms. The lowest BCUT2D eigenvalue weighted by molar-refractivity contribution is 0.0532. The number of aromatic amines is 1. The van der Waals surface area contributed by atoms with Gasteiger partial charge in [0.05, 0.1) is 29.0 Å². The second-order valence-corrected chi connectivity index (χ2v) is 13.0. The van der Waals surface area contributed by atoms with E-state index in [1.54, 1.807) is 26.2 Å². The molecular weight excluding hydrogens is 625 g/mol. The van der Waals surface area contributed by atoms with E-state index in [0.29, 0.717) is 57.4 Å².